The maximum atomic E-state index is 14.6. The van der Waals surface area contributed by atoms with Crippen molar-refractivity contribution in [3.8, 4) is 0 Å². The second-order valence-corrected chi connectivity index (χ2v) is 17.1. The van der Waals surface area contributed by atoms with Crippen LogP contribution >= 0.6 is 0 Å². The van der Waals surface area contributed by atoms with Gasteiger partial charge in [0.25, 0.3) is 0 Å². The Balaban J connectivity index is 1.61. The highest BCUT2D eigenvalue weighted by atomic mass is 16.7. The number of ether oxygens (including phenoxy) is 8. The van der Waals surface area contributed by atoms with Gasteiger partial charge in [-0.2, -0.15) is 0 Å². The maximum absolute atomic E-state index is 14.6. The van der Waals surface area contributed by atoms with Crippen LogP contribution in [0.5, 0.6) is 0 Å². The molecule has 4 bridgehead atoms. The molecule has 18 nitrogen and oxygen atoms in total. The Bertz CT molecular complexity index is 2340. The van der Waals surface area contributed by atoms with Gasteiger partial charge in [-0.1, -0.05) is 50.2 Å². The number of pyridine rings is 1. The Hall–Kier alpha value is -6.24. The molecule has 18 heteroatoms. The van der Waals surface area contributed by atoms with Gasteiger partial charge in [0, 0.05) is 32.9 Å². The van der Waals surface area contributed by atoms with E-state index in [9.17, 15) is 43.8 Å². The van der Waals surface area contributed by atoms with Crippen molar-refractivity contribution >= 4 is 41.8 Å². The highest BCUT2D eigenvalue weighted by Crippen LogP contribution is 2.69. The van der Waals surface area contributed by atoms with E-state index in [4.69, 9.17) is 37.9 Å². The molecule has 1 aromatic heterocycles. The van der Waals surface area contributed by atoms with Crippen LogP contribution in [-0.2, 0) is 57.1 Å². The van der Waals surface area contributed by atoms with E-state index in [2.05, 4.69) is 4.98 Å². The molecular formula is C46H49NO17. The van der Waals surface area contributed by atoms with Gasteiger partial charge in [0.05, 0.1) is 40.3 Å². The number of hydrogen-bond acceptors (Lipinski definition) is 18. The fraction of sp³-hybridized carbons (Fsp3) is 0.478. The van der Waals surface area contributed by atoms with Crippen LogP contribution in [0, 0.1) is 17.3 Å². The molecule has 13 unspecified atom stereocenters. The van der Waals surface area contributed by atoms with Crippen LogP contribution in [0.2, 0.25) is 0 Å². The van der Waals surface area contributed by atoms with Gasteiger partial charge in [-0.05, 0) is 50.2 Å². The van der Waals surface area contributed by atoms with Crippen molar-refractivity contribution in [2.45, 2.75) is 108 Å². The molecule has 3 aromatic rings. The number of carbonyl (C=O) groups excluding carboxylic acids is 7. The SMILES string of the molecule is CC(=O)OCC12C(OC(=O)c3ccccc3)C(OC(C)=O)C3C(O)C14OC3(C)COC(=O)c1cccnc1C(C)C(C)C(=O)OC(C(OC(C)=O)C2OC(=O)c1ccccc1)C4(C)O. The van der Waals surface area contributed by atoms with E-state index in [1.54, 1.807) is 19.1 Å². The van der Waals surface area contributed by atoms with Gasteiger partial charge >= 0.3 is 41.8 Å². The number of nitrogens with zero attached hydrogens (tertiary/aromatic N) is 1. The molecule has 2 N–H and O–H groups in total. The van der Waals surface area contributed by atoms with Crippen molar-refractivity contribution in [1.29, 1.82) is 0 Å². The molecular weight excluding hydrogens is 838 g/mol. The Morgan fingerprint density at radius 3 is 1.84 bits per heavy atom. The number of aliphatic hydroxyl groups excluding tert-OH is 1. The molecule has 3 fully saturated rings. The van der Waals surface area contributed by atoms with E-state index < -0.39 is 132 Å². The number of aromatic nitrogens is 1. The fourth-order valence-corrected chi connectivity index (χ4v) is 10.1. The average Bonchev–Trinajstić information content (AvgIpc) is 3.46. The summed E-state index contributed by atoms with van der Waals surface area (Å²) < 4.78 is 49.7. The van der Waals surface area contributed by atoms with Gasteiger partial charge in [0.15, 0.2) is 24.4 Å². The molecule has 340 valence electrons. The third-order valence-corrected chi connectivity index (χ3v) is 13.1. The first-order valence-corrected chi connectivity index (χ1v) is 20.6. The summed E-state index contributed by atoms with van der Waals surface area (Å²) in [5.41, 5.74) is -10.5. The monoisotopic (exact) mass is 887 g/mol. The Morgan fingerprint density at radius 1 is 0.750 bits per heavy atom. The molecule has 1 spiro atoms. The van der Waals surface area contributed by atoms with Crippen LogP contribution in [0.15, 0.2) is 79.0 Å². The second-order valence-electron chi connectivity index (χ2n) is 17.1. The van der Waals surface area contributed by atoms with Crippen molar-refractivity contribution in [3.05, 3.63) is 101 Å². The van der Waals surface area contributed by atoms with E-state index in [-0.39, 0.29) is 22.4 Å². The number of benzene rings is 2. The molecule has 1 saturated heterocycles. The van der Waals surface area contributed by atoms with Crippen LogP contribution in [-0.4, -0.2) is 124 Å². The van der Waals surface area contributed by atoms with Gasteiger partial charge in [-0.25, -0.2) is 14.4 Å². The highest BCUT2D eigenvalue weighted by molar-refractivity contribution is 5.92. The van der Waals surface area contributed by atoms with Crippen molar-refractivity contribution in [2.24, 2.45) is 17.3 Å². The van der Waals surface area contributed by atoms with E-state index in [0.29, 0.717) is 0 Å². The van der Waals surface area contributed by atoms with Crippen LogP contribution in [0.3, 0.4) is 0 Å². The van der Waals surface area contributed by atoms with Crippen molar-refractivity contribution in [3.63, 3.8) is 0 Å². The first kappa shape index (κ1) is 45.8. The third kappa shape index (κ3) is 7.36. The molecule has 13 atom stereocenters. The summed E-state index contributed by atoms with van der Waals surface area (Å²) in [6.07, 6.45) is -11.1. The van der Waals surface area contributed by atoms with Crippen LogP contribution < -0.4 is 0 Å². The van der Waals surface area contributed by atoms with Gasteiger partial charge in [-0.15, -0.1) is 0 Å². The normalized spacial score (nSPS) is 35.3. The van der Waals surface area contributed by atoms with Gasteiger partial charge in [-0.3, -0.25) is 24.2 Å². The summed E-state index contributed by atoms with van der Waals surface area (Å²) in [5.74, 6) is -10.8. The van der Waals surface area contributed by atoms with Gasteiger partial charge in [0.1, 0.15) is 41.5 Å². The zero-order valence-electron chi connectivity index (χ0n) is 36.1. The predicted octanol–water partition coefficient (Wildman–Crippen LogP) is 3.05. The number of fused-ring (bicyclic) bond motifs is 5. The zero-order chi connectivity index (χ0) is 46.5. The number of carbonyl (C=O) groups is 7. The molecule has 7 rings (SSSR count). The lowest BCUT2D eigenvalue weighted by atomic mass is 9.45. The van der Waals surface area contributed by atoms with Crippen LogP contribution in [0.4, 0.5) is 0 Å². The summed E-state index contributed by atoms with van der Waals surface area (Å²) >= 11 is 0. The smallest absolute Gasteiger partial charge is 0.340 e. The second kappa shape index (κ2) is 17.0. The molecule has 2 saturated carbocycles. The number of cyclic esters (lactones) is 1. The molecule has 64 heavy (non-hydrogen) atoms. The van der Waals surface area contributed by atoms with Crippen molar-refractivity contribution in [2.75, 3.05) is 13.2 Å². The summed E-state index contributed by atoms with van der Waals surface area (Å²) in [6.45, 7) is 6.74. The van der Waals surface area contributed by atoms with E-state index >= 15 is 0 Å². The summed E-state index contributed by atoms with van der Waals surface area (Å²) in [6, 6.07) is 17.9. The predicted molar refractivity (Wildman–Crippen MR) is 216 cm³/mol. The van der Waals surface area contributed by atoms with Gasteiger partial charge < -0.3 is 48.1 Å². The number of rotatable bonds is 8. The third-order valence-electron chi connectivity index (χ3n) is 13.1. The van der Waals surface area contributed by atoms with Crippen molar-refractivity contribution < 1.29 is 81.7 Å². The number of aliphatic hydroxyl groups is 2. The summed E-state index contributed by atoms with van der Waals surface area (Å²) in [5, 5.41) is 26.7. The lowest BCUT2D eigenvalue weighted by Crippen LogP contribution is -2.89. The van der Waals surface area contributed by atoms with Gasteiger partial charge in [0.2, 0.25) is 0 Å². The standard InChI is InChI=1S/C46H49NO17/c1-23-24(2)39(52)61-36-34(60-27(5)50)38(63-41(54)29-17-12-9-13-18-29)45(22-57-25(3)48)37(62-40(53)28-15-10-8-11-16-28)33(59-26(4)49)31-35(51)46(45,44(36,7)56)64-43(31,6)21-58-42(55)30-19-14-20-47-32(23)30/h8-20,23-24,31,33-38,51,56H,21-22H2,1-7H3. The van der Waals surface area contributed by atoms with Crippen LogP contribution in [0.25, 0.3) is 0 Å². The van der Waals surface area contributed by atoms with E-state index in [1.165, 1.54) is 80.7 Å². The number of hydrogen-bond donors (Lipinski definition) is 2. The Morgan fingerprint density at radius 2 is 1.30 bits per heavy atom. The summed E-state index contributed by atoms with van der Waals surface area (Å²) in [4.78, 5) is 102. The molecule has 2 aliphatic carbocycles. The lowest BCUT2D eigenvalue weighted by Gasteiger charge is -2.67. The first-order valence-electron chi connectivity index (χ1n) is 20.6. The highest BCUT2D eigenvalue weighted by Gasteiger charge is 2.91. The minimum Gasteiger partial charge on any atom is -0.465 e. The molecule has 2 aliphatic heterocycles. The topological polar surface area (TPSA) is 247 Å². The molecule has 3 heterocycles. The minimum atomic E-state index is -2.86. The summed E-state index contributed by atoms with van der Waals surface area (Å²) in [7, 11) is 0. The maximum Gasteiger partial charge on any atom is 0.340 e. The Kier molecular flexibility index (Phi) is 12.2. The fourth-order valence-electron chi connectivity index (χ4n) is 10.1. The Labute approximate surface area is 367 Å². The first-order chi connectivity index (χ1) is 30.2. The van der Waals surface area contributed by atoms with E-state index in [1.807, 2.05) is 0 Å². The van der Waals surface area contributed by atoms with Crippen molar-refractivity contribution in [1.82, 2.24) is 4.98 Å². The van der Waals surface area contributed by atoms with E-state index in [0.717, 1.165) is 27.7 Å². The molecule has 0 amide bonds. The molecule has 0 radical (unpaired) electrons. The molecule has 2 aromatic carbocycles. The lowest BCUT2D eigenvalue weighted by molar-refractivity contribution is -0.384. The average molecular weight is 888 g/mol. The quantitative estimate of drug-likeness (QED) is 0.244. The zero-order valence-corrected chi connectivity index (χ0v) is 36.1. The minimum absolute atomic E-state index is 0.0386. The number of esters is 7. The largest absolute Gasteiger partial charge is 0.465 e. The van der Waals surface area contributed by atoms with Crippen LogP contribution in [0.1, 0.15) is 91.2 Å². The molecule has 4 aliphatic rings.